The number of halogens is 2. The van der Waals surface area contributed by atoms with Crippen LogP contribution in [0.4, 0.5) is 8.78 Å². The number of thiophene rings is 1. The summed E-state index contributed by atoms with van der Waals surface area (Å²) in [6, 6.07) is 6.47. The molecule has 1 spiro atoms. The molecule has 4 rings (SSSR count). The molecule has 1 aromatic heterocycles. The van der Waals surface area contributed by atoms with Crippen molar-refractivity contribution in [3.8, 4) is 0 Å². The third-order valence-electron chi connectivity index (χ3n) is 6.02. The Hall–Kier alpha value is -1.79. The third kappa shape index (κ3) is 3.92. The van der Waals surface area contributed by atoms with Gasteiger partial charge in [-0.15, -0.1) is 0 Å². The molecule has 2 aromatic rings. The van der Waals surface area contributed by atoms with Crippen molar-refractivity contribution in [3.63, 3.8) is 0 Å². The van der Waals surface area contributed by atoms with Gasteiger partial charge in [0.2, 0.25) is 5.91 Å². The molecule has 1 aliphatic carbocycles. The van der Waals surface area contributed by atoms with Crippen LogP contribution in [0.1, 0.15) is 36.8 Å². The predicted molar refractivity (Wildman–Crippen MR) is 102 cm³/mol. The van der Waals surface area contributed by atoms with Crippen LogP contribution in [0, 0.1) is 17.0 Å². The van der Waals surface area contributed by atoms with Crippen LogP contribution in [-0.2, 0) is 17.8 Å². The summed E-state index contributed by atoms with van der Waals surface area (Å²) in [5.41, 5.74) is 1.66. The Morgan fingerprint density at radius 2 is 2.07 bits per heavy atom. The second-order valence-corrected chi connectivity index (χ2v) is 8.48. The zero-order chi connectivity index (χ0) is 18.9. The van der Waals surface area contributed by atoms with E-state index in [4.69, 9.17) is 0 Å². The summed E-state index contributed by atoms with van der Waals surface area (Å²) in [5.74, 6) is -1.66. The van der Waals surface area contributed by atoms with Gasteiger partial charge in [-0.3, -0.25) is 4.79 Å². The smallest absolute Gasteiger partial charge is 0.223 e. The van der Waals surface area contributed by atoms with Crippen LogP contribution in [0.5, 0.6) is 0 Å². The quantitative estimate of drug-likeness (QED) is 0.804. The first kappa shape index (κ1) is 18.6. The summed E-state index contributed by atoms with van der Waals surface area (Å²) in [7, 11) is 0. The summed E-state index contributed by atoms with van der Waals surface area (Å²) >= 11 is 1.63. The third-order valence-corrected chi connectivity index (χ3v) is 6.75. The van der Waals surface area contributed by atoms with Crippen LogP contribution in [0.3, 0.4) is 0 Å². The van der Waals surface area contributed by atoms with Gasteiger partial charge in [-0.25, -0.2) is 8.78 Å². The Balaban J connectivity index is 1.46. The van der Waals surface area contributed by atoms with Crippen molar-refractivity contribution in [2.75, 3.05) is 13.1 Å². The molecule has 0 bridgehead atoms. The maximum absolute atomic E-state index is 13.9. The van der Waals surface area contributed by atoms with Gasteiger partial charge in [0.05, 0.1) is 0 Å². The molecule has 1 saturated heterocycles. The van der Waals surface area contributed by atoms with E-state index in [9.17, 15) is 13.6 Å². The van der Waals surface area contributed by atoms with Crippen molar-refractivity contribution >= 4 is 17.2 Å². The average Bonchev–Trinajstić information content (AvgIpc) is 3.10. The van der Waals surface area contributed by atoms with Crippen molar-refractivity contribution in [1.29, 1.82) is 0 Å². The highest BCUT2D eigenvalue weighted by molar-refractivity contribution is 7.07. The van der Waals surface area contributed by atoms with E-state index >= 15 is 0 Å². The number of benzene rings is 1. The van der Waals surface area contributed by atoms with E-state index in [2.05, 4.69) is 16.8 Å². The predicted octanol–water partition coefficient (Wildman–Crippen LogP) is 4.13. The summed E-state index contributed by atoms with van der Waals surface area (Å²) in [5, 5.41) is 7.49. The van der Waals surface area contributed by atoms with Crippen LogP contribution < -0.4 is 5.32 Å². The van der Waals surface area contributed by atoms with E-state index in [1.54, 1.807) is 17.4 Å². The van der Waals surface area contributed by atoms with Crippen LogP contribution in [-0.4, -0.2) is 29.9 Å². The molecule has 3 nitrogen and oxygen atoms in total. The number of amides is 1. The number of nitrogens with zero attached hydrogens (tertiary/aromatic N) is 1. The first-order valence-corrected chi connectivity index (χ1v) is 10.5. The van der Waals surface area contributed by atoms with Crippen molar-refractivity contribution in [2.24, 2.45) is 5.41 Å². The van der Waals surface area contributed by atoms with E-state index < -0.39 is 11.6 Å². The minimum absolute atomic E-state index is 0.0327. The number of nitrogens with one attached hydrogen (secondary N) is 1. The molecule has 144 valence electrons. The highest BCUT2D eigenvalue weighted by Crippen LogP contribution is 2.56. The molecule has 1 aliphatic heterocycles. The molecular formula is C21H24F2N2OS. The number of carbonyl (C=O) groups excluding carboxylic acids is 1. The number of carbonyl (C=O) groups is 1. The Bertz CT molecular complexity index is 803. The van der Waals surface area contributed by atoms with Gasteiger partial charge in [0.25, 0.3) is 0 Å². The van der Waals surface area contributed by atoms with Crippen molar-refractivity contribution in [2.45, 2.75) is 44.7 Å². The number of hydrogen-bond donors (Lipinski definition) is 1. The minimum atomic E-state index is -0.856. The molecule has 2 aliphatic rings. The molecule has 1 N–H and O–H groups in total. The fourth-order valence-electron chi connectivity index (χ4n) is 4.31. The zero-order valence-electron chi connectivity index (χ0n) is 15.2. The maximum Gasteiger partial charge on any atom is 0.223 e. The summed E-state index contributed by atoms with van der Waals surface area (Å²) in [6.45, 7) is 2.62. The Morgan fingerprint density at radius 3 is 2.81 bits per heavy atom. The van der Waals surface area contributed by atoms with E-state index in [1.165, 1.54) is 6.07 Å². The highest BCUT2D eigenvalue weighted by Gasteiger charge is 2.57. The highest BCUT2D eigenvalue weighted by atomic mass is 32.1. The average molecular weight is 390 g/mol. The number of aryl methyl sites for hydroxylation is 1. The first-order chi connectivity index (χ1) is 13.1. The number of hydrogen-bond acceptors (Lipinski definition) is 3. The number of piperidine rings is 1. The van der Waals surface area contributed by atoms with E-state index in [-0.39, 0.29) is 35.8 Å². The van der Waals surface area contributed by atoms with Crippen LogP contribution in [0.2, 0.25) is 0 Å². The normalized spacial score (nSPS) is 20.6. The van der Waals surface area contributed by atoms with Gasteiger partial charge in [-0.1, -0.05) is 12.1 Å². The molecule has 27 heavy (non-hydrogen) atoms. The van der Waals surface area contributed by atoms with Crippen LogP contribution >= 0.6 is 11.3 Å². The van der Waals surface area contributed by atoms with Gasteiger partial charge in [0.15, 0.2) is 11.6 Å². The van der Waals surface area contributed by atoms with Crippen molar-refractivity contribution < 1.29 is 13.6 Å². The summed E-state index contributed by atoms with van der Waals surface area (Å²) in [6.07, 6.45) is 3.69. The zero-order valence-corrected chi connectivity index (χ0v) is 16.0. The molecule has 2 fully saturated rings. The van der Waals surface area contributed by atoms with Crippen LogP contribution in [0.15, 0.2) is 35.0 Å². The lowest BCUT2D eigenvalue weighted by atomic mass is 9.93. The second-order valence-electron chi connectivity index (χ2n) is 7.70. The van der Waals surface area contributed by atoms with Gasteiger partial charge in [-0.2, -0.15) is 11.3 Å². The second kappa shape index (κ2) is 7.68. The van der Waals surface area contributed by atoms with Gasteiger partial charge < -0.3 is 10.2 Å². The van der Waals surface area contributed by atoms with Gasteiger partial charge in [0, 0.05) is 19.0 Å². The van der Waals surface area contributed by atoms with Crippen molar-refractivity contribution in [1.82, 2.24) is 10.2 Å². The Labute approximate surface area is 162 Å². The van der Waals surface area contributed by atoms with Crippen LogP contribution in [0.25, 0.3) is 0 Å². The lowest BCUT2D eigenvalue weighted by Gasteiger charge is -2.29. The molecule has 2 heterocycles. The SMILES string of the molecule is O=C(CCc1cccc(F)c1F)N(Cc1ccsc1)C1CC12CCNCC2. The molecule has 1 saturated carbocycles. The van der Waals surface area contributed by atoms with E-state index in [0.29, 0.717) is 6.54 Å². The van der Waals surface area contributed by atoms with E-state index in [1.807, 2.05) is 10.3 Å². The summed E-state index contributed by atoms with van der Waals surface area (Å²) < 4.78 is 27.3. The molecule has 6 heteroatoms. The lowest BCUT2D eigenvalue weighted by Crippen LogP contribution is -2.39. The van der Waals surface area contributed by atoms with Gasteiger partial charge >= 0.3 is 0 Å². The fraction of sp³-hybridized carbons (Fsp3) is 0.476. The van der Waals surface area contributed by atoms with E-state index in [0.717, 1.165) is 44.0 Å². The molecule has 0 radical (unpaired) electrons. The Kier molecular flexibility index (Phi) is 5.28. The fourth-order valence-corrected chi connectivity index (χ4v) is 4.97. The van der Waals surface area contributed by atoms with Gasteiger partial charge in [0.1, 0.15) is 0 Å². The Morgan fingerprint density at radius 1 is 1.26 bits per heavy atom. The largest absolute Gasteiger partial charge is 0.335 e. The topological polar surface area (TPSA) is 32.3 Å². The molecular weight excluding hydrogens is 366 g/mol. The molecule has 1 aromatic carbocycles. The number of rotatable bonds is 6. The summed E-state index contributed by atoms with van der Waals surface area (Å²) in [4.78, 5) is 15.0. The molecule has 1 atom stereocenters. The maximum atomic E-state index is 13.9. The lowest BCUT2D eigenvalue weighted by molar-refractivity contribution is -0.133. The van der Waals surface area contributed by atoms with Crippen molar-refractivity contribution in [3.05, 3.63) is 57.8 Å². The monoisotopic (exact) mass is 390 g/mol. The standard InChI is InChI=1S/C21H24F2N2OS/c22-17-3-1-2-16(20(17)23)4-5-19(26)25(13-15-6-11-27-14-15)18-12-21(18)7-9-24-10-8-21/h1-3,6,11,14,18,24H,4-5,7-10,12-13H2. The minimum Gasteiger partial charge on any atom is -0.335 e. The van der Waals surface area contributed by atoms with Gasteiger partial charge in [-0.05, 0) is 78.2 Å². The molecule has 1 amide bonds. The first-order valence-electron chi connectivity index (χ1n) is 9.53. The molecule has 1 unspecified atom stereocenters.